The van der Waals surface area contributed by atoms with Gasteiger partial charge in [-0.3, -0.25) is 24.0 Å². The fourth-order valence-electron chi connectivity index (χ4n) is 5.32. The Morgan fingerprint density at radius 3 is 2.49 bits per heavy atom. The van der Waals surface area contributed by atoms with Crippen LogP contribution >= 0.6 is 0 Å². The molecule has 2 aliphatic rings. The van der Waals surface area contributed by atoms with E-state index < -0.39 is 59.2 Å². The SMILES string of the molecule is CC[C@@H](O)C(=O)CCCCC[C@@H]1NC(=O)[C@H]2CCCN2C(=O)[C@H](Cc2ccccc2F)NC(=O)[C@](C)(CC)NC1=O. The van der Waals surface area contributed by atoms with Crippen LogP contribution in [0.3, 0.4) is 0 Å². The Morgan fingerprint density at radius 1 is 1.07 bits per heavy atom. The normalized spacial score (nSPS) is 26.3. The van der Waals surface area contributed by atoms with Crippen LogP contribution in [0.4, 0.5) is 4.39 Å². The second kappa shape index (κ2) is 14.5. The number of fused-ring (bicyclic) bond motifs is 1. The quantitative estimate of drug-likeness (QED) is 0.297. The highest BCUT2D eigenvalue weighted by Crippen LogP contribution is 2.23. The molecule has 4 amide bonds. The molecular weight excluding hydrogens is 531 g/mol. The molecule has 0 bridgehead atoms. The monoisotopic (exact) mass is 574 g/mol. The fraction of sp³-hybridized carbons (Fsp3) is 0.633. The van der Waals surface area contributed by atoms with E-state index in [1.54, 1.807) is 32.9 Å². The van der Waals surface area contributed by atoms with Gasteiger partial charge in [-0.25, -0.2) is 4.39 Å². The second-order valence-electron chi connectivity index (χ2n) is 11.2. The van der Waals surface area contributed by atoms with Crippen molar-refractivity contribution in [3.05, 3.63) is 35.6 Å². The maximum Gasteiger partial charge on any atom is 0.246 e. The van der Waals surface area contributed by atoms with Crippen LogP contribution in [0.1, 0.15) is 84.1 Å². The number of carbonyl (C=O) groups excluding carboxylic acids is 5. The van der Waals surface area contributed by atoms with Crippen molar-refractivity contribution in [3.8, 4) is 0 Å². The average molecular weight is 575 g/mol. The van der Waals surface area contributed by atoms with Crippen molar-refractivity contribution in [1.29, 1.82) is 0 Å². The van der Waals surface area contributed by atoms with Crippen molar-refractivity contribution in [1.82, 2.24) is 20.9 Å². The average Bonchev–Trinajstić information content (AvgIpc) is 3.45. The number of aliphatic hydroxyl groups is 1. The highest BCUT2D eigenvalue weighted by atomic mass is 19.1. The Hall–Kier alpha value is -3.34. The maximum atomic E-state index is 14.5. The predicted molar refractivity (Wildman–Crippen MR) is 150 cm³/mol. The lowest BCUT2D eigenvalue weighted by molar-refractivity contribution is -0.144. The van der Waals surface area contributed by atoms with Gasteiger partial charge in [0.15, 0.2) is 5.78 Å². The Bertz CT molecular complexity index is 1130. The van der Waals surface area contributed by atoms with Crippen LogP contribution in [-0.2, 0) is 30.4 Å². The topological polar surface area (TPSA) is 145 Å². The molecular formula is C30H43FN4O6. The number of carbonyl (C=O) groups is 5. The Labute approximate surface area is 240 Å². The van der Waals surface area contributed by atoms with Crippen molar-refractivity contribution in [2.24, 2.45) is 0 Å². The minimum atomic E-state index is -1.39. The molecule has 2 heterocycles. The van der Waals surface area contributed by atoms with E-state index in [4.69, 9.17) is 0 Å². The number of rotatable bonds is 11. The molecule has 2 fully saturated rings. The summed E-state index contributed by atoms with van der Waals surface area (Å²) in [4.78, 5) is 67.5. The minimum Gasteiger partial charge on any atom is -0.385 e. The lowest BCUT2D eigenvalue weighted by atomic mass is 9.94. The number of hydrogen-bond acceptors (Lipinski definition) is 6. The molecule has 0 aliphatic carbocycles. The van der Waals surface area contributed by atoms with Gasteiger partial charge in [-0.05, 0) is 57.1 Å². The third-order valence-electron chi connectivity index (χ3n) is 8.24. The van der Waals surface area contributed by atoms with Crippen LogP contribution in [0.25, 0.3) is 0 Å². The number of Topliss-reactive ketones (excluding diaryl/α,β-unsaturated/α-hetero) is 1. The number of hydrogen-bond donors (Lipinski definition) is 4. The van der Waals surface area contributed by atoms with Crippen LogP contribution in [0.2, 0.25) is 0 Å². The van der Waals surface area contributed by atoms with Gasteiger partial charge in [-0.15, -0.1) is 0 Å². The zero-order valence-corrected chi connectivity index (χ0v) is 24.2. The summed E-state index contributed by atoms with van der Waals surface area (Å²) in [6.45, 7) is 5.32. The smallest absolute Gasteiger partial charge is 0.246 e. The summed E-state index contributed by atoms with van der Waals surface area (Å²) >= 11 is 0. The molecule has 2 aliphatic heterocycles. The number of ketones is 1. The van der Waals surface area contributed by atoms with Crippen LogP contribution < -0.4 is 16.0 Å². The standard InChI is InChI=1S/C30H43FN4O6/c1-4-24(36)25(37)16-8-6-7-14-21-26(38)34-30(3,5-2)29(41)33-22(18-19-12-9-10-13-20(19)31)28(40)35-17-11-15-23(35)27(39)32-21/h9-10,12-13,21-24,36H,4-8,11,14-18H2,1-3H3,(H,32,39)(H,33,41)(H,34,38)/t21-,22-,23+,24+,30-/m0/s1. The number of halogens is 1. The maximum absolute atomic E-state index is 14.5. The number of nitrogens with zero attached hydrogens (tertiary/aromatic N) is 1. The molecule has 0 radical (unpaired) electrons. The molecule has 5 atom stereocenters. The first-order valence-electron chi connectivity index (χ1n) is 14.7. The van der Waals surface area contributed by atoms with Gasteiger partial charge >= 0.3 is 0 Å². The summed E-state index contributed by atoms with van der Waals surface area (Å²) < 4.78 is 14.5. The van der Waals surface area contributed by atoms with Gasteiger partial charge in [-0.1, -0.05) is 44.9 Å². The number of benzene rings is 1. The molecule has 0 unspecified atom stereocenters. The summed E-state index contributed by atoms with van der Waals surface area (Å²) in [7, 11) is 0. The Kier molecular flexibility index (Phi) is 11.4. The highest BCUT2D eigenvalue weighted by Gasteiger charge is 2.43. The van der Waals surface area contributed by atoms with Crippen molar-refractivity contribution in [3.63, 3.8) is 0 Å². The van der Waals surface area contributed by atoms with Gasteiger partial charge < -0.3 is 26.0 Å². The fourth-order valence-corrected chi connectivity index (χ4v) is 5.32. The molecule has 1 aromatic carbocycles. The van der Waals surface area contributed by atoms with Gasteiger partial charge in [0.2, 0.25) is 23.6 Å². The van der Waals surface area contributed by atoms with Gasteiger partial charge in [0.25, 0.3) is 0 Å². The van der Waals surface area contributed by atoms with Crippen molar-refractivity contribution in [2.75, 3.05) is 6.54 Å². The molecule has 0 aromatic heterocycles. The molecule has 41 heavy (non-hydrogen) atoms. The summed E-state index contributed by atoms with van der Waals surface area (Å²) in [6.07, 6.45) is 2.68. The van der Waals surface area contributed by atoms with Crippen LogP contribution in [-0.4, -0.2) is 75.7 Å². The van der Waals surface area contributed by atoms with Crippen molar-refractivity contribution >= 4 is 29.4 Å². The molecule has 10 nitrogen and oxygen atoms in total. The van der Waals surface area contributed by atoms with Gasteiger partial charge in [0.1, 0.15) is 35.6 Å². The molecule has 1 aromatic rings. The zero-order chi connectivity index (χ0) is 30.2. The van der Waals surface area contributed by atoms with E-state index in [0.29, 0.717) is 45.1 Å². The third-order valence-corrected chi connectivity index (χ3v) is 8.24. The first kappa shape index (κ1) is 32.2. The number of amides is 4. The number of aliphatic hydroxyl groups excluding tert-OH is 1. The first-order valence-corrected chi connectivity index (χ1v) is 14.7. The largest absolute Gasteiger partial charge is 0.385 e. The first-order chi connectivity index (χ1) is 19.5. The van der Waals surface area contributed by atoms with Crippen LogP contribution in [0.15, 0.2) is 24.3 Å². The molecule has 11 heteroatoms. The zero-order valence-electron chi connectivity index (χ0n) is 24.2. The van der Waals surface area contributed by atoms with Gasteiger partial charge in [0.05, 0.1) is 0 Å². The summed E-state index contributed by atoms with van der Waals surface area (Å²) in [5.41, 5.74) is -1.13. The van der Waals surface area contributed by atoms with Crippen molar-refractivity contribution in [2.45, 2.75) is 115 Å². The molecule has 4 N–H and O–H groups in total. The lowest BCUT2D eigenvalue weighted by Gasteiger charge is -2.36. The third kappa shape index (κ3) is 8.12. The molecule has 0 saturated carbocycles. The Morgan fingerprint density at radius 2 is 1.80 bits per heavy atom. The minimum absolute atomic E-state index is 0.101. The van der Waals surface area contributed by atoms with E-state index in [2.05, 4.69) is 16.0 Å². The van der Waals surface area contributed by atoms with Gasteiger partial charge in [-0.2, -0.15) is 0 Å². The lowest BCUT2D eigenvalue weighted by Crippen LogP contribution is -2.65. The predicted octanol–water partition coefficient (Wildman–Crippen LogP) is 1.92. The molecule has 0 spiro atoms. The van der Waals surface area contributed by atoms with E-state index in [1.807, 2.05) is 0 Å². The van der Waals surface area contributed by atoms with E-state index in [9.17, 15) is 33.5 Å². The molecule has 2 saturated heterocycles. The highest BCUT2D eigenvalue weighted by molar-refractivity contribution is 5.99. The summed E-state index contributed by atoms with van der Waals surface area (Å²) in [6, 6.07) is 3.14. The second-order valence-corrected chi connectivity index (χ2v) is 11.2. The van der Waals surface area contributed by atoms with E-state index in [0.717, 1.165) is 0 Å². The summed E-state index contributed by atoms with van der Waals surface area (Å²) in [5, 5.41) is 18.0. The van der Waals surface area contributed by atoms with E-state index >= 15 is 0 Å². The van der Waals surface area contributed by atoms with Crippen LogP contribution in [0.5, 0.6) is 0 Å². The number of nitrogens with one attached hydrogen (secondary N) is 3. The molecule has 3 rings (SSSR count). The van der Waals surface area contributed by atoms with Crippen LogP contribution in [0, 0.1) is 5.82 Å². The van der Waals surface area contributed by atoms with Gasteiger partial charge in [0, 0.05) is 19.4 Å². The number of unbranched alkanes of at least 4 members (excludes halogenated alkanes) is 2. The Balaban J connectivity index is 1.81. The summed E-state index contributed by atoms with van der Waals surface area (Å²) in [5.74, 6) is -2.73. The van der Waals surface area contributed by atoms with Crippen molar-refractivity contribution < 1.29 is 33.5 Å². The molecule has 226 valence electrons. The van der Waals surface area contributed by atoms with E-state index in [-0.39, 0.29) is 37.0 Å². The van der Waals surface area contributed by atoms with E-state index in [1.165, 1.54) is 17.0 Å².